The van der Waals surface area contributed by atoms with Crippen molar-refractivity contribution in [1.29, 1.82) is 0 Å². The fraction of sp³-hybridized carbons (Fsp3) is 0.435. The van der Waals surface area contributed by atoms with Crippen LogP contribution in [0.25, 0.3) is 11.1 Å². The number of piperidine rings is 1. The minimum atomic E-state index is 0.194. The lowest BCUT2D eigenvalue weighted by atomic mass is 9.79. The van der Waals surface area contributed by atoms with Gasteiger partial charge in [-0.1, -0.05) is 18.2 Å². The zero-order chi connectivity index (χ0) is 18.8. The Balaban J connectivity index is 1.39. The summed E-state index contributed by atoms with van der Waals surface area (Å²) in [6.07, 6.45) is 3.00. The van der Waals surface area contributed by atoms with E-state index in [4.69, 9.17) is 9.47 Å². The van der Waals surface area contributed by atoms with Crippen molar-refractivity contribution in [3.05, 3.63) is 47.5 Å². The van der Waals surface area contributed by atoms with Crippen LogP contribution in [-0.4, -0.2) is 48.7 Å². The zero-order valence-electron chi connectivity index (χ0n) is 16.1. The maximum Gasteiger partial charge on any atom is 0.231 e. The normalized spacial score (nSPS) is 28.1. The Bertz CT molecular complexity index is 972. The van der Waals surface area contributed by atoms with Crippen molar-refractivity contribution in [2.75, 3.05) is 26.9 Å². The molecule has 1 amide bonds. The Kier molecular flexibility index (Phi) is 3.51. The average molecular weight is 376 g/mol. The van der Waals surface area contributed by atoms with Crippen molar-refractivity contribution in [3.8, 4) is 22.6 Å². The van der Waals surface area contributed by atoms with Crippen molar-refractivity contribution < 1.29 is 14.3 Å². The number of amides is 1. The van der Waals surface area contributed by atoms with E-state index in [0.717, 1.165) is 49.4 Å². The zero-order valence-corrected chi connectivity index (χ0v) is 16.1. The third kappa shape index (κ3) is 2.32. The highest BCUT2D eigenvalue weighted by Gasteiger charge is 2.48. The van der Waals surface area contributed by atoms with Crippen molar-refractivity contribution in [2.24, 2.45) is 5.92 Å². The van der Waals surface area contributed by atoms with Gasteiger partial charge in [-0.25, -0.2) is 0 Å². The van der Waals surface area contributed by atoms with Gasteiger partial charge in [-0.3, -0.25) is 4.79 Å². The van der Waals surface area contributed by atoms with Crippen LogP contribution in [0.1, 0.15) is 30.0 Å². The summed E-state index contributed by atoms with van der Waals surface area (Å²) in [6, 6.07) is 13.4. The fourth-order valence-electron chi connectivity index (χ4n) is 5.55. The molecule has 0 unspecified atom stereocenters. The highest BCUT2D eigenvalue weighted by Crippen LogP contribution is 2.45. The lowest BCUT2D eigenvalue weighted by Gasteiger charge is -2.46. The maximum absolute atomic E-state index is 13.1. The molecule has 2 fully saturated rings. The van der Waals surface area contributed by atoms with E-state index < -0.39 is 0 Å². The van der Waals surface area contributed by atoms with Gasteiger partial charge in [-0.2, -0.15) is 0 Å². The quantitative estimate of drug-likeness (QED) is 0.766. The third-order valence-electron chi connectivity index (χ3n) is 7.10. The lowest BCUT2D eigenvalue weighted by Crippen LogP contribution is -2.52. The van der Waals surface area contributed by atoms with E-state index in [0.29, 0.717) is 11.9 Å². The molecule has 0 N–H and O–H groups in total. The molecule has 144 valence electrons. The van der Waals surface area contributed by atoms with E-state index in [-0.39, 0.29) is 18.8 Å². The first kappa shape index (κ1) is 16.4. The molecule has 4 heterocycles. The van der Waals surface area contributed by atoms with Gasteiger partial charge in [-0.05, 0) is 73.3 Å². The Morgan fingerprint density at radius 2 is 1.82 bits per heavy atom. The van der Waals surface area contributed by atoms with Gasteiger partial charge in [0.2, 0.25) is 12.7 Å². The predicted molar refractivity (Wildman–Crippen MR) is 105 cm³/mol. The van der Waals surface area contributed by atoms with Crippen LogP contribution in [0.5, 0.6) is 11.5 Å². The number of ether oxygens (including phenoxy) is 2. The number of nitrogens with zero attached hydrogens (tertiary/aromatic N) is 2. The molecule has 2 aromatic rings. The number of hydrogen-bond donors (Lipinski definition) is 0. The van der Waals surface area contributed by atoms with E-state index in [2.05, 4.69) is 47.2 Å². The van der Waals surface area contributed by atoms with Gasteiger partial charge in [-0.15, -0.1) is 0 Å². The summed E-state index contributed by atoms with van der Waals surface area (Å²) in [6.45, 7) is 2.18. The van der Waals surface area contributed by atoms with Crippen LogP contribution in [-0.2, 0) is 11.2 Å². The molecule has 4 aliphatic rings. The fourth-order valence-corrected chi connectivity index (χ4v) is 5.55. The molecule has 0 aromatic heterocycles. The number of carbonyl (C=O) groups is 1. The predicted octanol–water partition coefficient (Wildman–Crippen LogP) is 3.23. The SMILES string of the molecule is CN1CC[C@@H]2C(=O)N3CCc4ccc(-c5ccc6c(c5)OCO6)cc4[C@@H]3C[C@@H]21. The standard InChI is InChI=1S/C23H24N2O3/c1-24-8-7-17-19(24)12-20-18-10-15(3-2-14(18)6-9-25(20)23(17)26)16-4-5-21-22(11-16)28-13-27-21/h2-5,10-11,17,19-20H,6-9,12-13H2,1H3/t17-,19-,20-/m0/s1. The minimum absolute atomic E-state index is 0.194. The average Bonchev–Trinajstić information content (AvgIpc) is 3.34. The largest absolute Gasteiger partial charge is 0.454 e. The smallest absolute Gasteiger partial charge is 0.231 e. The van der Waals surface area contributed by atoms with Gasteiger partial charge in [0.25, 0.3) is 0 Å². The number of hydrogen-bond acceptors (Lipinski definition) is 4. The number of likely N-dealkylation sites (tertiary alicyclic amines) is 1. The molecule has 4 aliphatic heterocycles. The second-order valence-electron chi connectivity index (χ2n) is 8.46. The summed E-state index contributed by atoms with van der Waals surface area (Å²) in [5.41, 5.74) is 5.02. The van der Waals surface area contributed by atoms with Gasteiger partial charge in [0.05, 0.1) is 12.0 Å². The molecule has 0 aliphatic carbocycles. The van der Waals surface area contributed by atoms with Gasteiger partial charge >= 0.3 is 0 Å². The molecule has 6 rings (SSSR count). The van der Waals surface area contributed by atoms with E-state index in [9.17, 15) is 4.79 Å². The van der Waals surface area contributed by atoms with Crippen LogP contribution < -0.4 is 9.47 Å². The van der Waals surface area contributed by atoms with Crippen LogP contribution in [0.15, 0.2) is 36.4 Å². The van der Waals surface area contributed by atoms with Crippen LogP contribution in [0, 0.1) is 5.92 Å². The van der Waals surface area contributed by atoms with Crippen LogP contribution in [0.4, 0.5) is 0 Å². The van der Waals surface area contributed by atoms with Crippen molar-refractivity contribution in [2.45, 2.75) is 31.3 Å². The van der Waals surface area contributed by atoms with Crippen LogP contribution >= 0.6 is 0 Å². The van der Waals surface area contributed by atoms with Crippen LogP contribution in [0.3, 0.4) is 0 Å². The molecular formula is C23H24N2O3. The van der Waals surface area contributed by atoms with Gasteiger partial charge in [0, 0.05) is 12.6 Å². The summed E-state index contributed by atoms with van der Waals surface area (Å²) < 4.78 is 11.0. The molecule has 28 heavy (non-hydrogen) atoms. The first-order chi connectivity index (χ1) is 13.7. The maximum atomic E-state index is 13.1. The van der Waals surface area contributed by atoms with Gasteiger partial charge in [0.15, 0.2) is 11.5 Å². The summed E-state index contributed by atoms with van der Waals surface area (Å²) in [5.74, 6) is 2.17. The van der Waals surface area contributed by atoms with E-state index in [1.165, 1.54) is 16.7 Å². The summed E-state index contributed by atoms with van der Waals surface area (Å²) in [4.78, 5) is 17.7. The van der Waals surface area contributed by atoms with Gasteiger partial charge < -0.3 is 19.3 Å². The Morgan fingerprint density at radius 3 is 2.75 bits per heavy atom. The summed E-state index contributed by atoms with van der Waals surface area (Å²) >= 11 is 0. The number of carbonyl (C=O) groups excluding carboxylic acids is 1. The minimum Gasteiger partial charge on any atom is -0.454 e. The molecule has 0 spiro atoms. The van der Waals surface area contributed by atoms with Crippen molar-refractivity contribution >= 4 is 5.91 Å². The molecule has 0 bridgehead atoms. The highest BCUT2D eigenvalue weighted by atomic mass is 16.7. The Morgan fingerprint density at radius 1 is 1.00 bits per heavy atom. The second kappa shape index (κ2) is 5.98. The Hall–Kier alpha value is -2.53. The molecule has 5 nitrogen and oxygen atoms in total. The number of fused-ring (bicyclic) bond motifs is 5. The molecule has 3 atom stereocenters. The number of benzene rings is 2. The molecule has 0 radical (unpaired) electrons. The first-order valence-corrected chi connectivity index (χ1v) is 10.2. The summed E-state index contributed by atoms with van der Waals surface area (Å²) in [5, 5.41) is 0. The first-order valence-electron chi connectivity index (χ1n) is 10.2. The molecule has 5 heteroatoms. The Labute approximate surface area is 164 Å². The summed E-state index contributed by atoms with van der Waals surface area (Å²) in [7, 11) is 2.17. The molecule has 2 saturated heterocycles. The van der Waals surface area contributed by atoms with Crippen molar-refractivity contribution in [3.63, 3.8) is 0 Å². The topological polar surface area (TPSA) is 42.0 Å². The molecule has 2 aromatic carbocycles. The van der Waals surface area contributed by atoms with Crippen LogP contribution in [0.2, 0.25) is 0 Å². The number of rotatable bonds is 1. The van der Waals surface area contributed by atoms with E-state index >= 15 is 0 Å². The molecular weight excluding hydrogens is 352 g/mol. The second-order valence-corrected chi connectivity index (χ2v) is 8.46. The highest BCUT2D eigenvalue weighted by molar-refractivity contribution is 5.82. The van der Waals surface area contributed by atoms with Gasteiger partial charge in [0.1, 0.15) is 0 Å². The lowest BCUT2D eigenvalue weighted by molar-refractivity contribution is -0.144. The third-order valence-corrected chi connectivity index (χ3v) is 7.10. The van der Waals surface area contributed by atoms with Crippen molar-refractivity contribution in [1.82, 2.24) is 9.80 Å². The monoisotopic (exact) mass is 376 g/mol. The van der Waals surface area contributed by atoms with E-state index in [1.807, 2.05) is 6.07 Å². The molecule has 0 saturated carbocycles. The van der Waals surface area contributed by atoms with E-state index in [1.54, 1.807) is 0 Å².